The first-order valence-corrected chi connectivity index (χ1v) is 4.77. The lowest BCUT2D eigenvalue weighted by molar-refractivity contribution is 0.413. The SMILES string of the molecule is Cl.Fc1cc([C@H]2CNCCN2)cc(F)c1F. The lowest BCUT2D eigenvalue weighted by Gasteiger charge is -2.24. The average Bonchev–Trinajstić information content (AvgIpc) is 2.26. The van der Waals surface area contributed by atoms with Gasteiger partial charge in [0.1, 0.15) is 0 Å². The smallest absolute Gasteiger partial charge is 0.194 e. The molecule has 90 valence electrons. The standard InChI is InChI=1S/C10H11F3N2.ClH/c11-7-3-6(4-8(12)10(7)13)9-5-14-1-2-15-9;/h3-4,9,14-15H,1-2,5H2;1H/t9-;/m1./s1. The zero-order chi connectivity index (χ0) is 10.8. The van der Waals surface area contributed by atoms with Gasteiger partial charge in [-0.05, 0) is 17.7 Å². The van der Waals surface area contributed by atoms with Crippen LogP contribution < -0.4 is 10.6 Å². The van der Waals surface area contributed by atoms with Gasteiger partial charge in [-0.2, -0.15) is 0 Å². The highest BCUT2D eigenvalue weighted by Crippen LogP contribution is 2.19. The number of halogens is 4. The number of rotatable bonds is 1. The van der Waals surface area contributed by atoms with Gasteiger partial charge >= 0.3 is 0 Å². The zero-order valence-corrected chi connectivity index (χ0v) is 9.21. The molecule has 0 spiro atoms. The molecular weight excluding hydrogens is 241 g/mol. The van der Waals surface area contributed by atoms with Crippen LogP contribution in [0.2, 0.25) is 0 Å². The maximum absolute atomic E-state index is 12.9. The van der Waals surface area contributed by atoms with Crippen molar-refractivity contribution in [3.8, 4) is 0 Å². The molecule has 2 rings (SSSR count). The van der Waals surface area contributed by atoms with Gasteiger partial charge < -0.3 is 10.6 Å². The minimum absolute atomic E-state index is 0. The number of piperazine rings is 1. The molecule has 1 aliphatic heterocycles. The summed E-state index contributed by atoms with van der Waals surface area (Å²) in [5.41, 5.74) is 0.429. The van der Waals surface area contributed by atoms with Gasteiger partial charge in [-0.3, -0.25) is 0 Å². The van der Waals surface area contributed by atoms with Crippen LogP contribution in [-0.4, -0.2) is 19.6 Å². The first-order chi connectivity index (χ1) is 7.18. The Kier molecular flexibility index (Phi) is 4.58. The van der Waals surface area contributed by atoms with Crippen molar-refractivity contribution in [3.63, 3.8) is 0 Å². The largest absolute Gasteiger partial charge is 0.314 e. The van der Waals surface area contributed by atoms with E-state index in [1.165, 1.54) is 0 Å². The Morgan fingerprint density at radius 2 is 1.69 bits per heavy atom. The normalized spacial score (nSPS) is 20.3. The van der Waals surface area contributed by atoms with Gasteiger partial charge in [0.05, 0.1) is 0 Å². The Morgan fingerprint density at radius 1 is 1.06 bits per heavy atom. The number of nitrogens with one attached hydrogen (secondary N) is 2. The second kappa shape index (κ2) is 5.52. The molecule has 0 radical (unpaired) electrons. The summed E-state index contributed by atoms with van der Waals surface area (Å²) in [7, 11) is 0. The van der Waals surface area contributed by atoms with E-state index < -0.39 is 17.5 Å². The molecule has 2 nitrogen and oxygen atoms in total. The van der Waals surface area contributed by atoms with Crippen LogP contribution in [0.5, 0.6) is 0 Å². The van der Waals surface area contributed by atoms with Crippen molar-refractivity contribution in [1.82, 2.24) is 10.6 Å². The van der Waals surface area contributed by atoms with E-state index in [1.54, 1.807) is 0 Å². The van der Waals surface area contributed by atoms with Gasteiger partial charge in [0.15, 0.2) is 17.5 Å². The van der Waals surface area contributed by atoms with Gasteiger partial charge in [0, 0.05) is 25.7 Å². The molecule has 1 aromatic carbocycles. The first kappa shape index (κ1) is 13.3. The molecule has 1 fully saturated rings. The molecule has 0 unspecified atom stereocenters. The molecule has 16 heavy (non-hydrogen) atoms. The summed E-state index contributed by atoms with van der Waals surface area (Å²) in [6, 6.07) is 1.90. The van der Waals surface area contributed by atoms with E-state index in [0.29, 0.717) is 12.1 Å². The van der Waals surface area contributed by atoms with E-state index in [1.807, 2.05) is 0 Å². The fraction of sp³-hybridized carbons (Fsp3) is 0.400. The van der Waals surface area contributed by atoms with Crippen molar-refractivity contribution in [2.24, 2.45) is 0 Å². The van der Waals surface area contributed by atoms with E-state index in [4.69, 9.17) is 0 Å². The molecule has 0 saturated carbocycles. The predicted octanol–water partition coefficient (Wildman–Crippen LogP) is 1.76. The van der Waals surface area contributed by atoms with Gasteiger partial charge in [-0.25, -0.2) is 13.2 Å². The van der Waals surface area contributed by atoms with Crippen molar-refractivity contribution in [3.05, 3.63) is 35.1 Å². The lowest BCUT2D eigenvalue weighted by atomic mass is 10.0. The molecule has 1 heterocycles. The molecule has 1 aliphatic rings. The minimum Gasteiger partial charge on any atom is -0.314 e. The number of hydrogen-bond acceptors (Lipinski definition) is 2. The fourth-order valence-corrected chi connectivity index (χ4v) is 1.67. The summed E-state index contributed by atoms with van der Waals surface area (Å²) in [5.74, 6) is -3.70. The van der Waals surface area contributed by atoms with Gasteiger partial charge in [0.2, 0.25) is 0 Å². The molecule has 1 saturated heterocycles. The Bertz CT molecular complexity index is 344. The molecular formula is C10H12ClF3N2. The van der Waals surface area contributed by atoms with Crippen LogP contribution in [0.4, 0.5) is 13.2 Å². The summed E-state index contributed by atoms with van der Waals surface area (Å²) in [4.78, 5) is 0. The summed E-state index contributed by atoms with van der Waals surface area (Å²) < 4.78 is 38.6. The van der Waals surface area contributed by atoms with Crippen molar-refractivity contribution >= 4 is 12.4 Å². The molecule has 2 N–H and O–H groups in total. The fourth-order valence-electron chi connectivity index (χ4n) is 1.67. The summed E-state index contributed by atoms with van der Waals surface area (Å²) in [6.07, 6.45) is 0. The third-order valence-corrected chi connectivity index (χ3v) is 2.45. The third kappa shape index (κ3) is 2.66. The second-order valence-electron chi connectivity index (χ2n) is 3.51. The highest BCUT2D eigenvalue weighted by atomic mass is 35.5. The maximum Gasteiger partial charge on any atom is 0.194 e. The zero-order valence-electron chi connectivity index (χ0n) is 8.40. The topological polar surface area (TPSA) is 24.1 Å². The molecule has 1 atom stereocenters. The van der Waals surface area contributed by atoms with Crippen molar-refractivity contribution in [2.45, 2.75) is 6.04 Å². The van der Waals surface area contributed by atoms with Crippen LogP contribution in [0, 0.1) is 17.5 Å². The molecule has 0 aromatic heterocycles. The Morgan fingerprint density at radius 3 is 2.19 bits per heavy atom. The molecule has 0 bridgehead atoms. The van der Waals surface area contributed by atoms with Gasteiger partial charge in [0.25, 0.3) is 0 Å². The minimum atomic E-state index is -1.41. The third-order valence-electron chi connectivity index (χ3n) is 2.45. The molecule has 0 amide bonds. The summed E-state index contributed by atoms with van der Waals surface area (Å²) in [5, 5.41) is 6.18. The first-order valence-electron chi connectivity index (χ1n) is 4.77. The maximum atomic E-state index is 12.9. The number of hydrogen-bond donors (Lipinski definition) is 2. The van der Waals surface area contributed by atoms with Crippen LogP contribution in [-0.2, 0) is 0 Å². The predicted molar refractivity (Wildman–Crippen MR) is 57.2 cm³/mol. The van der Waals surface area contributed by atoms with E-state index >= 15 is 0 Å². The van der Waals surface area contributed by atoms with E-state index in [9.17, 15) is 13.2 Å². The number of benzene rings is 1. The van der Waals surface area contributed by atoms with Crippen LogP contribution >= 0.6 is 12.4 Å². The van der Waals surface area contributed by atoms with E-state index in [0.717, 1.165) is 25.2 Å². The highest BCUT2D eigenvalue weighted by Gasteiger charge is 2.18. The molecule has 0 aliphatic carbocycles. The molecule has 6 heteroatoms. The van der Waals surface area contributed by atoms with Crippen LogP contribution in [0.1, 0.15) is 11.6 Å². The summed E-state index contributed by atoms with van der Waals surface area (Å²) in [6.45, 7) is 2.14. The summed E-state index contributed by atoms with van der Waals surface area (Å²) >= 11 is 0. The van der Waals surface area contributed by atoms with Crippen LogP contribution in [0.25, 0.3) is 0 Å². The van der Waals surface area contributed by atoms with Crippen molar-refractivity contribution < 1.29 is 13.2 Å². The molecule has 1 aromatic rings. The van der Waals surface area contributed by atoms with Crippen molar-refractivity contribution in [2.75, 3.05) is 19.6 Å². The van der Waals surface area contributed by atoms with E-state index in [-0.39, 0.29) is 18.4 Å². The van der Waals surface area contributed by atoms with Gasteiger partial charge in [-0.1, -0.05) is 0 Å². The van der Waals surface area contributed by atoms with Crippen LogP contribution in [0.15, 0.2) is 12.1 Å². The van der Waals surface area contributed by atoms with Crippen LogP contribution in [0.3, 0.4) is 0 Å². The van der Waals surface area contributed by atoms with E-state index in [2.05, 4.69) is 10.6 Å². The second-order valence-corrected chi connectivity index (χ2v) is 3.51. The highest BCUT2D eigenvalue weighted by molar-refractivity contribution is 5.85. The Hall–Kier alpha value is -0.780. The van der Waals surface area contributed by atoms with Crippen molar-refractivity contribution in [1.29, 1.82) is 0 Å². The average molecular weight is 253 g/mol. The van der Waals surface area contributed by atoms with Gasteiger partial charge in [-0.15, -0.1) is 12.4 Å². The lowest BCUT2D eigenvalue weighted by Crippen LogP contribution is -2.42. The quantitative estimate of drug-likeness (QED) is 0.745. The Balaban J connectivity index is 0.00000128. The monoisotopic (exact) mass is 252 g/mol. The Labute approximate surface area is 97.6 Å².